The molecule has 1 amide bonds. The van der Waals surface area contributed by atoms with Gasteiger partial charge < -0.3 is 5.32 Å². The number of rotatable bonds is 23. The highest BCUT2D eigenvalue weighted by Gasteiger charge is 2.01. The van der Waals surface area contributed by atoms with Crippen molar-refractivity contribution in [2.75, 3.05) is 6.54 Å². The van der Waals surface area contributed by atoms with Gasteiger partial charge in [0.2, 0.25) is 5.91 Å². The van der Waals surface area contributed by atoms with E-state index in [4.69, 9.17) is 0 Å². The van der Waals surface area contributed by atoms with E-state index < -0.39 is 0 Å². The molecule has 1 rings (SSSR count). The highest BCUT2D eigenvalue weighted by Crippen LogP contribution is 2.14. The number of amides is 1. The highest BCUT2D eigenvalue weighted by molar-refractivity contribution is 5.85. The van der Waals surface area contributed by atoms with Crippen LogP contribution < -0.4 is 5.32 Å². The molecule has 192 valence electrons. The van der Waals surface area contributed by atoms with Crippen LogP contribution in [0.4, 0.5) is 0 Å². The van der Waals surface area contributed by atoms with E-state index in [2.05, 4.69) is 17.2 Å². The van der Waals surface area contributed by atoms with Crippen molar-refractivity contribution in [3.63, 3.8) is 0 Å². The maximum absolute atomic E-state index is 11.9. The van der Waals surface area contributed by atoms with Crippen LogP contribution in [0.15, 0.2) is 24.5 Å². The van der Waals surface area contributed by atoms with Crippen LogP contribution in [0.2, 0.25) is 0 Å². The summed E-state index contributed by atoms with van der Waals surface area (Å²) in [5.74, 6) is 0.200. The smallest absolute Gasteiger partial charge is 0.220 e. The van der Waals surface area contributed by atoms with Crippen molar-refractivity contribution in [2.45, 2.75) is 142 Å². The molecule has 1 aromatic rings. The number of carbonyl (C=O) groups excluding carboxylic acids is 1. The summed E-state index contributed by atoms with van der Waals surface area (Å²) < 4.78 is 0. The number of halogens is 1. The Kier molecular flexibility index (Phi) is 24.7. The summed E-state index contributed by atoms with van der Waals surface area (Å²) in [6, 6.07) is 4.01. The lowest BCUT2D eigenvalue weighted by molar-refractivity contribution is -0.121. The van der Waals surface area contributed by atoms with Crippen LogP contribution in [0.25, 0.3) is 0 Å². The number of aromatic nitrogens is 1. The van der Waals surface area contributed by atoms with Crippen molar-refractivity contribution in [3.05, 3.63) is 30.1 Å². The van der Waals surface area contributed by atoms with E-state index >= 15 is 0 Å². The predicted molar refractivity (Wildman–Crippen MR) is 146 cm³/mol. The minimum absolute atomic E-state index is 0. The Morgan fingerprint density at radius 3 is 1.48 bits per heavy atom. The fraction of sp³-hybridized carbons (Fsp3) is 0.793. The van der Waals surface area contributed by atoms with Gasteiger partial charge in [-0.25, -0.2) is 0 Å². The molecule has 3 nitrogen and oxygen atoms in total. The van der Waals surface area contributed by atoms with Gasteiger partial charge in [0.15, 0.2) is 0 Å². The molecule has 1 aromatic heterocycles. The molecule has 33 heavy (non-hydrogen) atoms. The summed E-state index contributed by atoms with van der Waals surface area (Å²) in [4.78, 5) is 15.9. The number of nitrogens with one attached hydrogen (secondary N) is 1. The molecule has 0 unspecified atom stereocenters. The van der Waals surface area contributed by atoms with Crippen molar-refractivity contribution in [2.24, 2.45) is 0 Å². The Morgan fingerprint density at radius 2 is 1.06 bits per heavy atom. The first kappa shape index (κ1) is 31.9. The molecule has 4 heteroatoms. The van der Waals surface area contributed by atoms with Gasteiger partial charge in [-0.05, 0) is 30.5 Å². The SMILES string of the molecule is CCCCCCCCCCCCCCCCCCCCCC(=O)NCCc1ccncc1.Cl. The zero-order chi connectivity index (χ0) is 23.0. The number of hydrogen-bond donors (Lipinski definition) is 1. The standard InChI is InChI=1S/C29H52N2O.ClH/c1-2-3-4-5-6-7-8-9-10-11-12-13-14-15-16-17-18-19-20-21-29(32)31-27-24-28-22-25-30-26-23-28;/h22-23,25-26H,2-21,24,27H2,1H3,(H,31,32);1H. The first-order valence-corrected chi connectivity index (χ1v) is 14.0. The largest absolute Gasteiger partial charge is 0.356 e. The average molecular weight is 481 g/mol. The fourth-order valence-electron chi connectivity index (χ4n) is 4.35. The van der Waals surface area contributed by atoms with E-state index in [9.17, 15) is 4.79 Å². The molecule has 0 aliphatic rings. The number of nitrogens with zero attached hydrogens (tertiary/aromatic N) is 1. The molecule has 0 saturated heterocycles. The van der Waals surface area contributed by atoms with Crippen molar-refractivity contribution >= 4 is 18.3 Å². The molecule has 0 aliphatic heterocycles. The van der Waals surface area contributed by atoms with E-state index in [-0.39, 0.29) is 18.3 Å². The van der Waals surface area contributed by atoms with Crippen molar-refractivity contribution in [1.82, 2.24) is 10.3 Å². The lowest BCUT2D eigenvalue weighted by atomic mass is 10.0. The first-order valence-electron chi connectivity index (χ1n) is 14.0. The van der Waals surface area contributed by atoms with Crippen LogP contribution in [0.3, 0.4) is 0 Å². The van der Waals surface area contributed by atoms with Gasteiger partial charge in [-0.2, -0.15) is 0 Å². The van der Waals surface area contributed by atoms with E-state index in [1.807, 2.05) is 12.1 Å². The lowest BCUT2D eigenvalue weighted by Crippen LogP contribution is -2.25. The molecule has 0 saturated carbocycles. The maximum Gasteiger partial charge on any atom is 0.220 e. The van der Waals surface area contributed by atoms with Crippen LogP contribution >= 0.6 is 12.4 Å². The zero-order valence-corrected chi connectivity index (χ0v) is 22.4. The second-order valence-electron chi connectivity index (χ2n) is 9.57. The summed E-state index contributed by atoms with van der Waals surface area (Å²) in [5.41, 5.74) is 1.23. The molecular weight excluding hydrogens is 428 g/mol. The molecule has 0 aromatic carbocycles. The minimum atomic E-state index is 0. The molecule has 1 N–H and O–H groups in total. The normalized spacial score (nSPS) is 10.7. The summed E-state index contributed by atoms with van der Waals surface area (Å²) >= 11 is 0. The highest BCUT2D eigenvalue weighted by atomic mass is 35.5. The number of pyridine rings is 1. The predicted octanol–water partition coefficient (Wildman–Crippen LogP) is 8.98. The topological polar surface area (TPSA) is 42.0 Å². The van der Waals surface area contributed by atoms with Crippen LogP contribution in [0.5, 0.6) is 0 Å². The van der Waals surface area contributed by atoms with Gasteiger partial charge in [-0.1, -0.05) is 122 Å². The van der Waals surface area contributed by atoms with Crippen molar-refractivity contribution in [3.8, 4) is 0 Å². The van der Waals surface area contributed by atoms with E-state index in [0.717, 1.165) is 19.4 Å². The van der Waals surface area contributed by atoms with Gasteiger partial charge in [-0.3, -0.25) is 9.78 Å². The fourth-order valence-corrected chi connectivity index (χ4v) is 4.35. The molecular formula is C29H53ClN2O. The van der Waals surface area contributed by atoms with E-state index in [1.165, 1.54) is 121 Å². The third kappa shape index (κ3) is 22.5. The van der Waals surface area contributed by atoms with Crippen LogP contribution in [-0.4, -0.2) is 17.4 Å². The molecule has 0 spiro atoms. The third-order valence-corrected chi connectivity index (χ3v) is 6.49. The Hall–Kier alpha value is -1.09. The van der Waals surface area contributed by atoms with Gasteiger partial charge in [-0.15, -0.1) is 12.4 Å². The van der Waals surface area contributed by atoms with Gasteiger partial charge in [0.1, 0.15) is 0 Å². The zero-order valence-electron chi connectivity index (χ0n) is 21.6. The number of hydrogen-bond acceptors (Lipinski definition) is 2. The Morgan fingerprint density at radius 1 is 0.667 bits per heavy atom. The summed E-state index contributed by atoms with van der Waals surface area (Å²) in [5, 5.41) is 3.03. The minimum Gasteiger partial charge on any atom is -0.356 e. The Labute approximate surface area is 211 Å². The molecule has 0 bridgehead atoms. The Bertz CT molecular complexity index is 524. The molecule has 0 aliphatic carbocycles. The number of unbranched alkanes of at least 4 members (excludes halogenated alkanes) is 18. The third-order valence-electron chi connectivity index (χ3n) is 6.49. The summed E-state index contributed by atoms with van der Waals surface area (Å²) in [6.07, 6.45) is 31.4. The van der Waals surface area contributed by atoms with Gasteiger partial charge in [0.05, 0.1) is 0 Å². The average Bonchev–Trinajstić information content (AvgIpc) is 2.81. The van der Waals surface area contributed by atoms with Crippen molar-refractivity contribution < 1.29 is 4.79 Å². The molecule has 1 heterocycles. The molecule has 0 fully saturated rings. The number of carbonyl (C=O) groups is 1. The quantitative estimate of drug-likeness (QED) is 0.159. The monoisotopic (exact) mass is 480 g/mol. The van der Waals surface area contributed by atoms with Gasteiger partial charge >= 0.3 is 0 Å². The van der Waals surface area contributed by atoms with Crippen molar-refractivity contribution in [1.29, 1.82) is 0 Å². The second kappa shape index (κ2) is 25.5. The first-order chi connectivity index (χ1) is 15.8. The molecule has 0 atom stereocenters. The van der Waals surface area contributed by atoms with E-state index in [1.54, 1.807) is 12.4 Å². The van der Waals surface area contributed by atoms with Gasteiger partial charge in [0.25, 0.3) is 0 Å². The lowest BCUT2D eigenvalue weighted by Gasteiger charge is -2.06. The van der Waals surface area contributed by atoms with Gasteiger partial charge in [0, 0.05) is 25.4 Å². The Balaban J connectivity index is 0.0000102. The van der Waals surface area contributed by atoms with Crippen LogP contribution in [0, 0.1) is 0 Å². The maximum atomic E-state index is 11.9. The summed E-state index contributed by atoms with van der Waals surface area (Å²) in [6.45, 7) is 3.01. The van der Waals surface area contributed by atoms with Crippen LogP contribution in [0.1, 0.15) is 141 Å². The van der Waals surface area contributed by atoms with Crippen LogP contribution in [-0.2, 0) is 11.2 Å². The molecule has 0 radical (unpaired) electrons. The summed E-state index contributed by atoms with van der Waals surface area (Å²) in [7, 11) is 0. The van der Waals surface area contributed by atoms with E-state index in [0.29, 0.717) is 6.42 Å². The second-order valence-corrected chi connectivity index (χ2v) is 9.57.